The summed E-state index contributed by atoms with van der Waals surface area (Å²) in [7, 11) is 0. The van der Waals surface area contributed by atoms with Gasteiger partial charge in [-0.2, -0.15) is 0 Å². The van der Waals surface area contributed by atoms with Crippen LogP contribution in [0, 0.1) is 5.92 Å². The van der Waals surface area contributed by atoms with E-state index in [0.29, 0.717) is 24.9 Å². The highest BCUT2D eigenvalue weighted by atomic mass is 16.5. The number of likely N-dealkylation sites (tertiary alicyclic amines) is 2. The van der Waals surface area contributed by atoms with Crippen molar-refractivity contribution >= 4 is 27.8 Å². The summed E-state index contributed by atoms with van der Waals surface area (Å²) in [6.45, 7) is 8.60. The Balaban J connectivity index is 1.02. The lowest BCUT2D eigenvalue weighted by Gasteiger charge is -2.43. The van der Waals surface area contributed by atoms with Crippen LogP contribution in [-0.4, -0.2) is 87.9 Å². The van der Waals surface area contributed by atoms with Gasteiger partial charge in [-0.15, -0.1) is 0 Å². The minimum Gasteiger partial charge on any atom is -0.488 e. The van der Waals surface area contributed by atoms with Gasteiger partial charge in [-0.1, -0.05) is 31.2 Å². The maximum atomic E-state index is 13.2. The topological polar surface area (TPSA) is 114 Å². The number of ether oxygens (including phenoxy) is 1. The SMILES string of the molecule is C[C@H]1CN([C@@H](C)CN2CCC(NC(=O)c3cc4c(OCc5coc6ccccc56)cccc4[nH]3)CC2)C[C@H](O)[C@@H]1O. The molecule has 9 heteroatoms. The Morgan fingerprint density at radius 3 is 2.73 bits per heavy atom. The molecule has 0 bridgehead atoms. The molecule has 4 N–H and O–H groups in total. The highest BCUT2D eigenvalue weighted by molar-refractivity contribution is 5.99. The lowest BCUT2D eigenvalue weighted by atomic mass is 9.93. The Labute approximate surface area is 240 Å². The number of H-pyrrole nitrogens is 1. The number of aliphatic hydroxyl groups excluding tert-OH is 2. The number of furan rings is 1. The molecule has 4 atom stereocenters. The van der Waals surface area contributed by atoms with Gasteiger partial charge >= 0.3 is 0 Å². The van der Waals surface area contributed by atoms with E-state index in [1.807, 2.05) is 55.5 Å². The maximum Gasteiger partial charge on any atom is 0.267 e. The van der Waals surface area contributed by atoms with Crippen molar-refractivity contribution in [2.75, 3.05) is 32.7 Å². The molecule has 0 saturated carbocycles. The van der Waals surface area contributed by atoms with Crippen molar-refractivity contribution in [3.8, 4) is 5.75 Å². The van der Waals surface area contributed by atoms with E-state index in [0.717, 1.165) is 72.2 Å². The third-order valence-electron chi connectivity index (χ3n) is 8.80. The van der Waals surface area contributed by atoms with E-state index >= 15 is 0 Å². The summed E-state index contributed by atoms with van der Waals surface area (Å²) in [5.41, 5.74) is 3.20. The van der Waals surface area contributed by atoms with Crippen LogP contribution in [0.15, 0.2) is 59.2 Å². The van der Waals surface area contributed by atoms with Crippen LogP contribution in [0.25, 0.3) is 21.9 Å². The molecular weight excluding hydrogens is 520 g/mol. The van der Waals surface area contributed by atoms with Crippen LogP contribution in [-0.2, 0) is 6.61 Å². The Hall–Kier alpha value is -3.37. The lowest BCUT2D eigenvalue weighted by molar-refractivity contribution is -0.0799. The van der Waals surface area contributed by atoms with Crippen LogP contribution in [0.5, 0.6) is 5.75 Å². The van der Waals surface area contributed by atoms with E-state index in [1.54, 1.807) is 6.26 Å². The number of rotatable bonds is 8. The first-order valence-electron chi connectivity index (χ1n) is 14.7. The number of aromatic nitrogens is 1. The summed E-state index contributed by atoms with van der Waals surface area (Å²) in [5.74, 6) is 0.677. The van der Waals surface area contributed by atoms with E-state index < -0.39 is 12.2 Å². The standard InChI is InChI=1S/C32H40N4O5/c1-20-15-36(17-28(37)31(20)38)21(2)16-35-12-10-23(11-13-35)33-32(39)27-14-25-26(34-27)7-5-9-30(25)41-19-22-18-40-29-8-4-3-6-24(22)29/h3-9,14,18,20-21,23,28,31,34,37-38H,10-13,15-17,19H2,1-2H3,(H,33,39)/t20-,21-,28-,31+/m0/s1. The molecule has 2 aliphatic rings. The number of nitrogens with one attached hydrogen (secondary N) is 2. The van der Waals surface area contributed by atoms with E-state index in [4.69, 9.17) is 9.15 Å². The molecule has 0 radical (unpaired) electrons. The van der Waals surface area contributed by atoms with Crippen molar-refractivity contribution in [2.24, 2.45) is 5.92 Å². The minimum absolute atomic E-state index is 0.0613. The smallest absolute Gasteiger partial charge is 0.267 e. The molecule has 4 heterocycles. The molecule has 2 aromatic heterocycles. The zero-order valence-corrected chi connectivity index (χ0v) is 23.8. The summed E-state index contributed by atoms with van der Waals surface area (Å²) >= 11 is 0. The number of fused-ring (bicyclic) bond motifs is 2. The molecule has 41 heavy (non-hydrogen) atoms. The zero-order chi connectivity index (χ0) is 28.5. The van der Waals surface area contributed by atoms with Crippen LogP contribution in [0.2, 0.25) is 0 Å². The van der Waals surface area contributed by atoms with Crippen LogP contribution in [0.3, 0.4) is 0 Å². The number of hydrogen-bond donors (Lipinski definition) is 4. The highest BCUT2D eigenvalue weighted by Crippen LogP contribution is 2.29. The van der Waals surface area contributed by atoms with E-state index in [9.17, 15) is 15.0 Å². The van der Waals surface area contributed by atoms with Gasteiger partial charge in [0.25, 0.3) is 5.91 Å². The third kappa shape index (κ3) is 5.99. The van der Waals surface area contributed by atoms with Crippen LogP contribution >= 0.6 is 0 Å². The summed E-state index contributed by atoms with van der Waals surface area (Å²) in [4.78, 5) is 21.2. The average molecular weight is 561 g/mol. The minimum atomic E-state index is -0.689. The van der Waals surface area contributed by atoms with Gasteiger partial charge in [0, 0.05) is 66.7 Å². The number of aliphatic hydroxyl groups is 2. The molecule has 4 aromatic rings. The van der Waals surface area contributed by atoms with Crippen LogP contribution in [0.4, 0.5) is 0 Å². The Bertz CT molecular complexity index is 1480. The van der Waals surface area contributed by atoms with Gasteiger partial charge in [0.2, 0.25) is 0 Å². The number of amides is 1. The van der Waals surface area contributed by atoms with E-state index in [-0.39, 0.29) is 17.9 Å². The predicted molar refractivity (Wildman–Crippen MR) is 158 cm³/mol. The van der Waals surface area contributed by atoms with Crippen LogP contribution in [0.1, 0.15) is 42.7 Å². The molecule has 6 rings (SSSR count). The van der Waals surface area contributed by atoms with Crippen molar-refractivity contribution in [1.29, 1.82) is 0 Å². The molecule has 218 valence electrons. The molecule has 2 saturated heterocycles. The molecular formula is C32H40N4O5. The fourth-order valence-electron chi connectivity index (χ4n) is 6.33. The number of hydrogen-bond acceptors (Lipinski definition) is 7. The number of benzene rings is 2. The zero-order valence-electron chi connectivity index (χ0n) is 23.8. The first kappa shape index (κ1) is 27.8. The molecule has 2 aromatic carbocycles. The van der Waals surface area contributed by atoms with Gasteiger partial charge < -0.3 is 34.6 Å². The number of piperidine rings is 2. The van der Waals surface area contributed by atoms with Gasteiger partial charge in [-0.3, -0.25) is 9.69 Å². The fraction of sp³-hybridized carbons (Fsp3) is 0.469. The normalized spacial score (nSPS) is 23.7. The quantitative estimate of drug-likeness (QED) is 0.260. The molecule has 2 fully saturated rings. The second-order valence-electron chi connectivity index (χ2n) is 11.8. The molecule has 0 aliphatic carbocycles. The number of aromatic amines is 1. The Morgan fingerprint density at radius 2 is 1.93 bits per heavy atom. The van der Waals surface area contributed by atoms with Crippen molar-refractivity contribution < 1.29 is 24.2 Å². The maximum absolute atomic E-state index is 13.2. The summed E-state index contributed by atoms with van der Waals surface area (Å²) in [6, 6.07) is 16.0. The second kappa shape index (κ2) is 11.9. The van der Waals surface area contributed by atoms with Gasteiger partial charge in [0.05, 0.1) is 18.5 Å². The van der Waals surface area contributed by atoms with Crippen LogP contribution < -0.4 is 10.1 Å². The fourth-order valence-corrected chi connectivity index (χ4v) is 6.33. The van der Waals surface area contributed by atoms with Gasteiger partial charge in [0.1, 0.15) is 23.6 Å². The first-order valence-corrected chi connectivity index (χ1v) is 14.7. The van der Waals surface area contributed by atoms with Gasteiger partial charge in [-0.25, -0.2) is 0 Å². The molecule has 0 unspecified atom stereocenters. The van der Waals surface area contributed by atoms with Gasteiger partial charge in [-0.05, 0) is 49.9 Å². The highest BCUT2D eigenvalue weighted by Gasteiger charge is 2.34. The first-order chi connectivity index (χ1) is 19.9. The van der Waals surface area contributed by atoms with Gasteiger partial charge in [0.15, 0.2) is 0 Å². The largest absolute Gasteiger partial charge is 0.488 e. The number of para-hydroxylation sites is 1. The second-order valence-corrected chi connectivity index (χ2v) is 11.8. The third-order valence-corrected chi connectivity index (χ3v) is 8.80. The molecule has 1 amide bonds. The molecule has 2 aliphatic heterocycles. The van der Waals surface area contributed by atoms with E-state index in [2.05, 4.69) is 27.0 Å². The van der Waals surface area contributed by atoms with E-state index in [1.165, 1.54) is 0 Å². The Morgan fingerprint density at radius 1 is 1.12 bits per heavy atom. The average Bonchev–Trinajstić information content (AvgIpc) is 3.60. The van der Waals surface area contributed by atoms with Crippen molar-refractivity contribution in [2.45, 2.75) is 57.6 Å². The van der Waals surface area contributed by atoms with Crippen molar-refractivity contribution in [3.63, 3.8) is 0 Å². The monoisotopic (exact) mass is 560 g/mol. The number of β-amino-alcohol motifs (C(OH)–C–C–N with tert-alkyl or cyclic N) is 1. The molecule has 0 spiro atoms. The Kier molecular flexibility index (Phi) is 8.03. The lowest BCUT2D eigenvalue weighted by Crippen LogP contribution is -2.56. The number of nitrogens with zero attached hydrogens (tertiary/aromatic N) is 2. The van der Waals surface area contributed by atoms with Crippen molar-refractivity contribution in [3.05, 3.63) is 66.1 Å². The summed E-state index contributed by atoms with van der Waals surface area (Å²) in [6.07, 6.45) is 2.19. The number of carbonyl (C=O) groups is 1. The molecule has 9 nitrogen and oxygen atoms in total. The van der Waals surface area contributed by atoms with Crippen molar-refractivity contribution in [1.82, 2.24) is 20.1 Å². The predicted octanol–water partition coefficient (Wildman–Crippen LogP) is 3.75. The summed E-state index contributed by atoms with van der Waals surface area (Å²) in [5, 5.41) is 25.4. The number of carbonyl (C=O) groups excluding carboxylic acids is 1. The summed E-state index contributed by atoms with van der Waals surface area (Å²) < 4.78 is 11.8.